The van der Waals surface area contributed by atoms with Crippen LogP contribution in [0.4, 0.5) is 0 Å². The summed E-state index contributed by atoms with van der Waals surface area (Å²) in [5, 5.41) is 3.63. The predicted octanol–water partition coefficient (Wildman–Crippen LogP) is 4.28. The Labute approximate surface area is 148 Å². The van der Waals surface area contributed by atoms with Crippen molar-refractivity contribution in [2.75, 3.05) is 0 Å². The largest absolute Gasteiger partial charge is 0.349 e. The number of rotatable bonds is 5. The molecule has 0 aliphatic heterocycles. The summed E-state index contributed by atoms with van der Waals surface area (Å²) < 4.78 is 0. The van der Waals surface area contributed by atoms with Crippen LogP contribution in [0.1, 0.15) is 37.1 Å². The summed E-state index contributed by atoms with van der Waals surface area (Å²) in [6.45, 7) is 3.76. The number of nitrogens with one attached hydrogen (secondary N) is 1. The van der Waals surface area contributed by atoms with Gasteiger partial charge in [-0.05, 0) is 24.1 Å². The second-order valence-corrected chi connectivity index (χ2v) is 5.88. The molecule has 23 heavy (non-hydrogen) atoms. The van der Waals surface area contributed by atoms with Gasteiger partial charge in [-0.15, -0.1) is 12.4 Å². The quantitative estimate of drug-likeness (QED) is 0.843. The summed E-state index contributed by atoms with van der Waals surface area (Å²) in [7, 11) is 0. The lowest BCUT2D eigenvalue weighted by atomic mass is 9.94. The molecule has 0 spiro atoms. The van der Waals surface area contributed by atoms with E-state index in [9.17, 15) is 4.79 Å². The second kappa shape index (κ2) is 8.92. The van der Waals surface area contributed by atoms with Crippen molar-refractivity contribution < 1.29 is 4.79 Å². The third-order valence-corrected chi connectivity index (χ3v) is 4.21. The first-order valence-corrected chi connectivity index (χ1v) is 7.74. The van der Waals surface area contributed by atoms with Crippen molar-refractivity contribution >= 4 is 29.9 Å². The van der Waals surface area contributed by atoms with E-state index < -0.39 is 0 Å². The molecule has 0 fully saturated rings. The highest BCUT2D eigenvalue weighted by Gasteiger charge is 2.23. The molecule has 3 N–H and O–H groups in total. The zero-order chi connectivity index (χ0) is 16.1. The summed E-state index contributed by atoms with van der Waals surface area (Å²) >= 11 is 6.16. The third-order valence-electron chi connectivity index (χ3n) is 3.87. The maximum Gasteiger partial charge on any atom is 0.225 e. The first-order valence-electron chi connectivity index (χ1n) is 7.36. The Morgan fingerprint density at radius 1 is 1.04 bits per heavy atom. The highest BCUT2D eigenvalue weighted by atomic mass is 35.5. The van der Waals surface area contributed by atoms with Gasteiger partial charge in [0.15, 0.2) is 0 Å². The topological polar surface area (TPSA) is 55.1 Å². The number of hydrogen-bond acceptors (Lipinski definition) is 2. The van der Waals surface area contributed by atoms with Gasteiger partial charge in [-0.1, -0.05) is 67.1 Å². The van der Waals surface area contributed by atoms with Gasteiger partial charge in [0, 0.05) is 11.1 Å². The molecule has 0 bridgehead atoms. The molecule has 3 nitrogen and oxygen atoms in total. The molecular weight excluding hydrogens is 331 g/mol. The Hall–Kier alpha value is -1.55. The lowest BCUT2D eigenvalue weighted by Crippen LogP contribution is -2.37. The zero-order valence-corrected chi connectivity index (χ0v) is 14.8. The fourth-order valence-electron chi connectivity index (χ4n) is 2.38. The number of carbonyl (C=O) groups excluding carboxylic acids is 1. The Morgan fingerprint density at radius 2 is 1.61 bits per heavy atom. The first kappa shape index (κ1) is 19.5. The molecule has 0 saturated carbocycles. The summed E-state index contributed by atoms with van der Waals surface area (Å²) in [6, 6.07) is 16.7. The first-order chi connectivity index (χ1) is 10.5. The molecule has 0 aromatic heterocycles. The van der Waals surface area contributed by atoms with E-state index in [0.29, 0.717) is 5.02 Å². The second-order valence-electron chi connectivity index (χ2n) is 5.48. The van der Waals surface area contributed by atoms with Crippen LogP contribution < -0.4 is 11.1 Å². The minimum Gasteiger partial charge on any atom is -0.349 e. The smallest absolute Gasteiger partial charge is 0.225 e. The van der Waals surface area contributed by atoms with Gasteiger partial charge in [0.25, 0.3) is 0 Å². The fourth-order valence-corrected chi connectivity index (χ4v) is 2.68. The van der Waals surface area contributed by atoms with Crippen LogP contribution in [0, 0.1) is 5.92 Å². The zero-order valence-electron chi connectivity index (χ0n) is 13.2. The number of halogens is 2. The van der Waals surface area contributed by atoms with Crippen molar-refractivity contribution in [2.24, 2.45) is 11.7 Å². The van der Waals surface area contributed by atoms with Crippen LogP contribution >= 0.6 is 24.0 Å². The van der Waals surface area contributed by atoms with Crippen molar-refractivity contribution in [1.29, 1.82) is 0 Å². The Balaban J connectivity index is 0.00000264. The standard InChI is InChI=1S/C18H21ClN2O.ClH/c1-12(17(20)14-8-4-3-5-9-14)18(22)21-13(2)15-10-6-7-11-16(15)19;/h3-13,17H,20H2,1-2H3,(H,21,22);1H. The van der Waals surface area contributed by atoms with Gasteiger partial charge >= 0.3 is 0 Å². The molecule has 0 aliphatic carbocycles. The molecular formula is C18H22Cl2N2O. The predicted molar refractivity (Wildman–Crippen MR) is 97.8 cm³/mol. The van der Waals surface area contributed by atoms with E-state index in [1.165, 1.54) is 0 Å². The molecule has 1 amide bonds. The number of nitrogens with two attached hydrogens (primary N) is 1. The number of benzene rings is 2. The van der Waals surface area contributed by atoms with Gasteiger partial charge in [0.1, 0.15) is 0 Å². The van der Waals surface area contributed by atoms with E-state index >= 15 is 0 Å². The molecule has 0 aliphatic rings. The molecule has 3 atom stereocenters. The molecule has 3 unspecified atom stereocenters. The number of hydrogen-bond donors (Lipinski definition) is 2. The SMILES string of the molecule is CC(NC(=O)C(C)C(N)c1ccccc1)c1ccccc1Cl.Cl. The van der Waals surface area contributed by atoms with E-state index in [4.69, 9.17) is 17.3 Å². The average molecular weight is 353 g/mol. The molecule has 2 aromatic rings. The van der Waals surface area contributed by atoms with Crippen molar-refractivity contribution in [2.45, 2.75) is 25.9 Å². The molecule has 2 rings (SSSR count). The van der Waals surface area contributed by atoms with E-state index in [1.807, 2.05) is 68.4 Å². The summed E-state index contributed by atoms with van der Waals surface area (Å²) in [4.78, 5) is 12.4. The van der Waals surface area contributed by atoms with E-state index in [-0.39, 0.29) is 36.3 Å². The lowest BCUT2D eigenvalue weighted by molar-refractivity contribution is -0.125. The Bertz CT molecular complexity index is 634. The van der Waals surface area contributed by atoms with Gasteiger partial charge in [0.05, 0.1) is 12.0 Å². The number of carbonyl (C=O) groups is 1. The van der Waals surface area contributed by atoms with Gasteiger partial charge in [0.2, 0.25) is 5.91 Å². The van der Waals surface area contributed by atoms with Gasteiger partial charge in [-0.3, -0.25) is 4.79 Å². The fraction of sp³-hybridized carbons (Fsp3) is 0.278. The van der Waals surface area contributed by atoms with Crippen molar-refractivity contribution in [3.05, 3.63) is 70.7 Å². The molecule has 124 valence electrons. The Kier molecular flexibility index (Phi) is 7.56. The summed E-state index contributed by atoms with van der Waals surface area (Å²) in [5.41, 5.74) is 8.05. The molecule has 5 heteroatoms. The van der Waals surface area contributed by atoms with Crippen LogP contribution in [0.15, 0.2) is 54.6 Å². The van der Waals surface area contributed by atoms with Crippen molar-refractivity contribution in [1.82, 2.24) is 5.32 Å². The summed E-state index contributed by atoms with van der Waals surface area (Å²) in [6.07, 6.45) is 0. The molecule has 0 heterocycles. The van der Waals surface area contributed by atoms with Crippen LogP contribution in [0.2, 0.25) is 5.02 Å². The van der Waals surface area contributed by atoms with E-state index in [0.717, 1.165) is 11.1 Å². The van der Waals surface area contributed by atoms with Crippen molar-refractivity contribution in [3.63, 3.8) is 0 Å². The van der Waals surface area contributed by atoms with Crippen LogP contribution in [0.5, 0.6) is 0 Å². The normalized spacial score (nSPS) is 14.3. The summed E-state index contributed by atoms with van der Waals surface area (Å²) in [5.74, 6) is -0.406. The minimum atomic E-state index is -0.334. The average Bonchev–Trinajstić information content (AvgIpc) is 2.54. The monoisotopic (exact) mass is 352 g/mol. The number of amides is 1. The van der Waals surface area contributed by atoms with Crippen molar-refractivity contribution in [3.8, 4) is 0 Å². The highest BCUT2D eigenvalue weighted by Crippen LogP contribution is 2.24. The molecule has 2 aromatic carbocycles. The molecule has 0 radical (unpaired) electrons. The van der Waals surface area contributed by atoms with Crippen LogP contribution in [0.25, 0.3) is 0 Å². The lowest BCUT2D eigenvalue weighted by Gasteiger charge is -2.23. The maximum absolute atomic E-state index is 12.4. The Morgan fingerprint density at radius 3 is 2.22 bits per heavy atom. The van der Waals surface area contributed by atoms with Gasteiger partial charge in [-0.25, -0.2) is 0 Å². The van der Waals surface area contributed by atoms with E-state index in [2.05, 4.69) is 5.32 Å². The van der Waals surface area contributed by atoms with Gasteiger partial charge in [-0.2, -0.15) is 0 Å². The van der Waals surface area contributed by atoms with Crippen LogP contribution in [-0.4, -0.2) is 5.91 Å². The minimum absolute atomic E-state index is 0. The van der Waals surface area contributed by atoms with Crippen LogP contribution in [-0.2, 0) is 4.79 Å². The third kappa shape index (κ3) is 4.96. The molecule has 0 saturated heterocycles. The van der Waals surface area contributed by atoms with Crippen LogP contribution in [0.3, 0.4) is 0 Å². The maximum atomic E-state index is 12.4. The highest BCUT2D eigenvalue weighted by molar-refractivity contribution is 6.31. The van der Waals surface area contributed by atoms with E-state index in [1.54, 1.807) is 0 Å². The van der Waals surface area contributed by atoms with Gasteiger partial charge < -0.3 is 11.1 Å².